The van der Waals surface area contributed by atoms with E-state index in [1.807, 2.05) is 4.90 Å². The van der Waals surface area contributed by atoms with Gasteiger partial charge in [0.1, 0.15) is 10.6 Å². The zero-order valence-electron chi connectivity index (χ0n) is 12.2. The molecular weight excluding hydrogens is 294 g/mol. The second-order valence-corrected chi connectivity index (χ2v) is 7.06. The van der Waals surface area contributed by atoms with Crippen LogP contribution in [-0.4, -0.2) is 57.2 Å². The van der Waals surface area contributed by atoms with E-state index in [9.17, 15) is 18.5 Å². The molecule has 1 aromatic rings. The van der Waals surface area contributed by atoms with Crippen molar-refractivity contribution in [2.75, 3.05) is 43.9 Å². The number of para-hydroxylation sites is 1. The summed E-state index contributed by atoms with van der Waals surface area (Å²) in [4.78, 5) is 14.7. The predicted molar refractivity (Wildman–Crippen MR) is 80.5 cm³/mol. The van der Waals surface area contributed by atoms with Gasteiger partial charge >= 0.3 is 5.69 Å². The lowest BCUT2D eigenvalue weighted by molar-refractivity contribution is -0.387. The average molecular weight is 313 g/mol. The smallest absolute Gasteiger partial charge is 0.311 e. The van der Waals surface area contributed by atoms with Crippen molar-refractivity contribution in [2.24, 2.45) is 0 Å². The highest BCUT2D eigenvalue weighted by Gasteiger charge is 2.29. The number of nitro benzene ring substituents is 1. The fourth-order valence-electron chi connectivity index (χ4n) is 2.55. The molecule has 0 radical (unpaired) electrons. The second kappa shape index (κ2) is 5.98. The average Bonchev–Trinajstić information content (AvgIpc) is 2.45. The zero-order chi connectivity index (χ0) is 15.6. The number of hydrogen-bond donors (Lipinski definition) is 0. The Morgan fingerprint density at radius 3 is 2.33 bits per heavy atom. The van der Waals surface area contributed by atoms with Crippen molar-refractivity contribution >= 4 is 21.2 Å². The van der Waals surface area contributed by atoms with Gasteiger partial charge in [0, 0.05) is 32.4 Å². The van der Waals surface area contributed by atoms with E-state index in [-0.39, 0.29) is 10.6 Å². The number of rotatable bonds is 4. The molecule has 0 aliphatic carbocycles. The quantitative estimate of drug-likeness (QED) is 0.612. The van der Waals surface area contributed by atoms with Crippen LogP contribution in [0.25, 0.3) is 0 Å². The minimum Gasteiger partial charge on any atom is -0.363 e. The first kappa shape index (κ1) is 15.7. The highest BCUT2D eigenvalue weighted by atomic mass is 32.2. The van der Waals surface area contributed by atoms with Crippen LogP contribution < -0.4 is 4.90 Å². The van der Waals surface area contributed by atoms with Crippen LogP contribution in [0, 0.1) is 10.1 Å². The van der Waals surface area contributed by atoms with Crippen molar-refractivity contribution in [3.05, 3.63) is 28.3 Å². The predicted octanol–water partition coefficient (Wildman–Crippen LogP) is 1.14. The molecule has 1 fully saturated rings. The lowest BCUT2D eigenvalue weighted by Gasteiger charge is -2.35. The third-order valence-corrected chi connectivity index (χ3v) is 4.85. The van der Waals surface area contributed by atoms with E-state index in [0.717, 1.165) is 25.9 Å². The molecule has 1 aliphatic heterocycles. The maximum Gasteiger partial charge on any atom is 0.311 e. The Labute approximate surface area is 124 Å². The van der Waals surface area contributed by atoms with Gasteiger partial charge in [-0.05, 0) is 18.7 Å². The summed E-state index contributed by atoms with van der Waals surface area (Å²) >= 11 is 0. The van der Waals surface area contributed by atoms with Gasteiger partial charge in [-0.2, -0.15) is 0 Å². The fraction of sp³-hybridized carbons (Fsp3) is 0.538. The summed E-state index contributed by atoms with van der Waals surface area (Å²) in [5, 5.41) is 11.4. The van der Waals surface area contributed by atoms with Crippen molar-refractivity contribution in [2.45, 2.75) is 11.8 Å². The van der Waals surface area contributed by atoms with Crippen LogP contribution in [0.15, 0.2) is 23.1 Å². The summed E-state index contributed by atoms with van der Waals surface area (Å²) in [6.07, 6.45) is 0.994. The number of nitrogens with zero attached hydrogens (tertiary/aromatic N) is 3. The SMILES string of the molecule is CCN1CCN(c2cccc(S(C)(=O)=O)c2[N+](=O)[O-])CC1. The molecule has 0 spiro atoms. The van der Waals surface area contributed by atoms with Crippen molar-refractivity contribution in [3.8, 4) is 0 Å². The van der Waals surface area contributed by atoms with Gasteiger partial charge in [-0.25, -0.2) is 8.42 Å². The van der Waals surface area contributed by atoms with Gasteiger partial charge in [-0.15, -0.1) is 0 Å². The minimum absolute atomic E-state index is 0.220. The van der Waals surface area contributed by atoms with Gasteiger partial charge in [0.05, 0.1) is 4.92 Å². The molecule has 1 aromatic carbocycles. The third-order valence-electron chi connectivity index (χ3n) is 3.72. The van der Waals surface area contributed by atoms with Crippen LogP contribution in [0.3, 0.4) is 0 Å². The Kier molecular flexibility index (Phi) is 4.48. The van der Waals surface area contributed by atoms with Gasteiger partial charge in [0.25, 0.3) is 0 Å². The molecule has 0 unspecified atom stereocenters. The first-order valence-corrected chi connectivity index (χ1v) is 8.68. The number of nitro groups is 1. The first-order chi connectivity index (χ1) is 9.84. The summed E-state index contributed by atoms with van der Waals surface area (Å²) < 4.78 is 23.5. The van der Waals surface area contributed by atoms with Crippen molar-refractivity contribution in [1.82, 2.24) is 4.90 Å². The molecule has 8 heteroatoms. The number of benzene rings is 1. The molecule has 0 amide bonds. The van der Waals surface area contributed by atoms with E-state index >= 15 is 0 Å². The molecular formula is C13H19N3O4S. The van der Waals surface area contributed by atoms with E-state index in [0.29, 0.717) is 18.8 Å². The second-order valence-electron chi connectivity index (χ2n) is 5.07. The lowest BCUT2D eigenvalue weighted by atomic mass is 10.2. The number of piperazine rings is 1. The zero-order valence-corrected chi connectivity index (χ0v) is 13.0. The van der Waals surface area contributed by atoms with E-state index < -0.39 is 14.8 Å². The van der Waals surface area contributed by atoms with Crippen LogP contribution >= 0.6 is 0 Å². The van der Waals surface area contributed by atoms with Gasteiger partial charge in [-0.1, -0.05) is 13.0 Å². The normalized spacial score (nSPS) is 17.0. The number of anilines is 1. The van der Waals surface area contributed by atoms with Crippen molar-refractivity contribution < 1.29 is 13.3 Å². The lowest BCUT2D eigenvalue weighted by Crippen LogP contribution is -2.46. The van der Waals surface area contributed by atoms with Crippen molar-refractivity contribution in [1.29, 1.82) is 0 Å². The van der Waals surface area contributed by atoms with Gasteiger partial charge < -0.3 is 9.80 Å². The molecule has 1 saturated heterocycles. The summed E-state index contributed by atoms with van der Waals surface area (Å²) in [6.45, 7) is 5.96. The maximum absolute atomic E-state index is 11.8. The largest absolute Gasteiger partial charge is 0.363 e. The topological polar surface area (TPSA) is 83.8 Å². The van der Waals surface area contributed by atoms with Gasteiger partial charge in [0.2, 0.25) is 0 Å². The third kappa shape index (κ3) is 3.33. The van der Waals surface area contributed by atoms with Crippen LogP contribution in [0.5, 0.6) is 0 Å². The Balaban J connectivity index is 2.43. The van der Waals surface area contributed by atoms with E-state index in [4.69, 9.17) is 0 Å². The monoisotopic (exact) mass is 313 g/mol. The van der Waals surface area contributed by atoms with Crippen molar-refractivity contribution in [3.63, 3.8) is 0 Å². The summed E-state index contributed by atoms with van der Waals surface area (Å²) in [7, 11) is -3.63. The van der Waals surface area contributed by atoms with Crippen LogP contribution in [0.1, 0.15) is 6.92 Å². The van der Waals surface area contributed by atoms with Crippen LogP contribution in [-0.2, 0) is 9.84 Å². The number of sulfone groups is 1. The molecule has 116 valence electrons. The summed E-state index contributed by atoms with van der Waals surface area (Å²) in [5.74, 6) is 0. The molecule has 1 heterocycles. The standard InChI is InChI=1S/C13H19N3O4S/c1-3-14-7-9-15(10-8-14)11-5-4-6-12(21(2,19)20)13(11)16(17)18/h4-6H,3,7-10H2,1-2H3. The Morgan fingerprint density at radius 2 is 1.86 bits per heavy atom. The molecule has 0 bridgehead atoms. The molecule has 21 heavy (non-hydrogen) atoms. The van der Waals surface area contributed by atoms with E-state index in [1.54, 1.807) is 12.1 Å². The minimum atomic E-state index is -3.63. The molecule has 2 rings (SSSR count). The van der Waals surface area contributed by atoms with E-state index in [2.05, 4.69) is 11.8 Å². The first-order valence-electron chi connectivity index (χ1n) is 6.79. The van der Waals surface area contributed by atoms with Crippen LogP contribution in [0.2, 0.25) is 0 Å². The van der Waals surface area contributed by atoms with Gasteiger partial charge in [0.15, 0.2) is 9.84 Å². The number of likely N-dealkylation sites (N-methyl/N-ethyl adjacent to an activating group) is 1. The number of hydrogen-bond acceptors (Lipinski definition) is 6. The maximum atomic E-state index is 11.8. The Hall–Kier alpha value is -1.67. The molecule has 0 saturated carbocycles. The van der Waals surface area contributed by atoms with Gasteiger partial charge in [-0.3, -0.25) is 10.1 Å². The Bertz CT molecular complexity index is 637. The summed E-state index contributed by atoms with van der Waals surface area (Å²) in [5.41, 5.74) is 0.0728. The fourth-order valence-corrected chi connectivity index (χ4v) is 3.41. The van der Waals surface area contributed by atoms with Crippen LogP contribution in [0.4, 0.5) is 11.4 Å². The highest BCUT2D eigenvalue weighted by molar-refractivity contribution is 7.90. The summed E-state index contributed by atoms with van der Waals surface area (Å²) in [6, 6.07) is 4.47. The Morgan fingerprint density at radius 1 is 1.24 bits per heavy atom. The molecule has 0 atom stereocenters. The molecule has 0 aromatic heterocycles. The van der Waals surface area contributed by atoms with E-state index in [1.165, 1.54) is 6.07 Å². The highest BCUT2D eigenvalue weighted by Crippen LogP contribution is 2.35. The molecule has 1 aliphatic rings. The molecule has 7 nitrogen and oxygen atoms in total. The molecule has 0 N–H and O–H groups in total.